The van der Waals surface area contributed by atoms with Crippen LogP contribution in [-0.4, -0.2) is 39.9 Å². The molecule has 6 nitrogen and oxygen atoms in total. The lowest BCUT2D eigenvalue weighted by Gasteiger charge is -2.31. The second-order valence-corrected chi connectivity index (χ2v) is 9.91. The van der Waals surface area contributed by atoms with Gasteiger partial charge in [-0.25, -0.2) is 16.8 Å². The van der Waals surface area contributed by atoms with Gasteiger partial charge in [-0.05, 0) is 18.4 Å². The number of hydrazone groups is 1. The van der Waals surface area contributed by atoms with Crippen LogP contribution in [0.2, 0.25) is 0 Å². The van der Waals surface area contributed by atoms with Crippen molar-refractivity contribution in [3.05, 3.63) is 59.9 Å². The van der Waals surface area contributed by atoms with Gasteiger partial charge in [0.25, 0.3) is 0 Å². The summed E-state index contributed by atoms with van der Waals surface area (Å²) >= 11 is 0. The summed E-state index contributed by atoms with van der Waals surface area (Å²) in [6.07, 6.45) is -4.49. The van der Waals surface area contributed by atoms with E-state index in [9.17, 15) is 30.0 Å². The zero-order valence-corrected chi connectivity index (χ0v) is 16.7. The number of hydrogen-bond acceptors (Lipinski definition) is 6. The molecular weight excluding hydrogens is 417 g/mol. The quantitative estimate of drug-likeness (QED) is 0.763. The fourth-order valence-corrected chi connectivity index (χ4v) is 3.10. The van der Waals surface area contributed by atoms with Crippen LogP contribution in [0.3, 0.4) is 0 Å². The number of sulfone groups is 2. The van der Waals surface area contributed by atoms with Crippen LogP contribution in [0.15, 0.2) is 59.4 Å². The topological polar surface area (TPSA) is 92.7 Å². The molecular formula is C17H21F3N2O4S2. The summed E-state index contributed by atoms with van der Waals surface area (Å²) in [7, 11) is -6.86. The smallest absolute Gasteiger partial charge is 0.293 e. The van der Waals surface area contributed by atoms with E-state index in [0.29, 0.717) is 0 Å². The van der Waals surface area contributed by atoms with Crippen molar-refractivity contribution in [2.75, 3.05) is 6.26 Å². The minimum Gasteiger partial charge on any atom is -0.293 e. The molecule has 28 heavy (non-hydrogen) atoms. The van der Waals surface area contributed by atoms with Gasteiger partial charge in [0.1, 0.15) is 0 Å². The molecule has 1 aromatic carbocycles. The average Bonchev–Trinajstić information content (AvgIpc) is 3.08. The van der Waals surface area contributed by atoms with E-state index >= 15 is 0 Å². The van der Waals surface area contributed by atoms with Gasteiger partial charge in [0.05, 0.1) is 0 Å². The van der Waals surface area contributed by atoms with Crippen molar-refractivity contribution in [3.63, 3.8) is 0 Å². The Morgan fingerprint density at radius 1 is 1.14 bits per heavy atom. The molecule has 0 fully saturated rings. The number of aryl methyl sites for hydroxylation is 1. The standard InChI is InChI=1S/C13H15F3N2O2S.C4H6O2S/c1-21(19,20)11-9-12(18-17-11,13(14,15)16)8-7-10-5-3-2-4-6-10;1-3-7(5,6)4-2/h2-6,18H,7-9H2,1H3;3-4H,1-2H2. The largest absolute Gasteiger partial charge is 0.413 e. The Balaban J connectivity index is 0.000000480. The van der Waals surface area contributed by atoms with Crippen LogP contribution in [-0.2, 0) is 26.1 Å². The Labute approximate surface area is 162 Å². The lowest BCUT2D eigenvalue weighted by Crippen LogP contribution is -2.53. The van der Waals surface area contributed by atoms with E-state index in [1.165, 1.54) is 0 Å². The summed E-state index contributed by atoms with van der Waals surface area (Å²) in [4.78, 5) is 0. The Kier molecular flexibility index (Phi) is 7.60. The fourth-order valence-electron chi connectivity index (χ4n) is 2.24. The first kappa shape index (κ1) is 23.9. The first-order chi connectivity index (χ1) is 12.8. The van der Waals surface area contributed by atoms with Crippen LogP contribution in [0, 0.1) is 0 Å². The lowest BCUT2D eigenvalue weighted by atomic mass is 9.89. The Morgan fingerprint density at radius 3 is 2.04 bits per heavy atom. The van der Waals surface area contributed by atoms with Gasteiger partial charge in [-0.3, -0.25) is 5.43 Å². The van der Waals surface area contributed by atoms with E-state index in [1.54, 1.807) is 30.3 Å². The van der Waals surface area contributed by atoms with Crippen molar-refractivity contribution in [2.45, 2.75) is 31.0 Å². The van der Waals surface area contributed by atoms with Crippen LogP contribution < -0.4 is 5.43 Å². The molecule has 1 aliphatic rings. The van der Waals surface area contributed by atoms with E-state index in [-0.39, 0.29) is 12.8 Å². The molecule has 1 atom stereocenters. The van der Waals surface area contributed by atoms with Crippen molar-refractivity contribution < 1.29 is 30.0 Å². The molecule has 0 saturated heterocycles. The zero-order valence-electron chi connectivity index (χ0n) is 15.1. The van der Waals surface area contributed by atoms with Gasteiger partial charge in [0, 0.05) is 23.5 Å². The SMILES string of the molecule is C=CS(=O)(=O)C=C.CS(=O)(=O)C1=NNC(CCc2ccccc2)(C(F)(F)F)C1. The monoisotopic (exact) mass is 438 g/mol. The van der Waals surface area contributed by atoms with Crippen molar-refractivity contribution in [1.82, 2.24) is 5.43 Å². The van der Waals surface area contributed by atoms with Crippen LogP contribution in [0.1, 0.15) is 18.4 Å². The maximum atomic E-state index is 13.3. The van der Waals surface area contributed by atoms with Crippen molar-refractivity contribution in [3.8, 4) is 0 Å². The predicted molar refractivity (Wildman–Crippen MR) is 103 cm³/mol. The van der Waals surface area contributed by atoms with Gasteiger partial charge >= 0.3 is 6.18 Å². The number of nitrogens with one attached hydrogen (secondary N) is 1. The maximum absolute atomic E-state index is 13.3. The summed E-state index contributed by atoms with van der Waals surface area (Å²) in [5.74, 6) is 0. The molecule has 156 valence electrons. The number of halogens is 3. The molecule has 1 heterocycles. The molecule has 0 spiro atoms. The highest BCUT2D eigenvalue weighted by Gasteiger charge is 2.58. The summed E-state index contributed by atoms with van der Waals surface area (Å²) in [6.45, 7) is 6.09. The molecule has 1 N–H and O–H groups in total. The highest BCUT2D eigenvalue weighted by Crippen LogP contribution is 2.40. The van der Waals surface area contributed by atoms with Crippen LogP contribution >= 0.6 is 0 Å². The van der Waals surface area contributed by atoms with Gasteiger partial charge in [-0.15, -0.1) is 0 Å². The Hall–Kier alpha value is -2.14. The third kappa shape index (κ3) is 6.48. The second-order valence-electron chi connectivity index (χ2n) is 6.05. The minimum absolute atomic E-state index is 0.180. The highest BCUT2D eigenvalue weighted by atomic mass is 32.2. The molecule has 1 unspecified atom stereocenters. The Bertz CT molecular complexity index is 926. The molecule has 0 aliphatic carbocycles. The lowest BCUT2D eigenvalue weighted by molar-refractivity contribution is -0.194. The summed E-state index contributed by atoms with van der Waals surface area (Å²) in [5.41, 5.74) is 0.462. The van der Waals surface area contributed by atoms with Gasteiger partial charge in [0.2, 0.25) is 0 Å². The zero-order chi connectivity index (χ0) is 21.6. The number of benzene rings is 1. The number of nitrogens with zero attached hydrogens (tertiary/aromatic N) is 1. The van der Waals surface area contributed by atoms with Crippen molar-refractivity contribution in [1.29, 1.82) is 0 Å². The normalized spacial score (nSPS) is 19.6. The van der Waals surface area contributed by atoms with E-state index in [1.807, 2.05) is 5.43 Å². The van der Waals surface area contributed by atoms with Crippen LogP contribution in [0.4, 0.5) is 13.2 Å². The van der Waals surface area contributed by atoms with Gasteiger partial charge in [0.15, 0.2) is 30.3 Å². The highest BCUT2D eigenvalue weighted by molar-refractivity contribution is 8.05. The van der Waals surface area contributed by atoms with Crippen molar-refractivity contribution in [2.24, 2.45) is 5.10 Å². The summed E-state index contributed by atoms with van der Waals surface area (Å²) in [5, 5.41) is 4.64. The molecule has 1 aromatic rings. The molecule has 2 rings (SSSR count). The number of hydrogen-bond donors (Lipinski definition) is 1. The molecule has 0 amide bonds. The third-order valence-electron chi connectivity index (χ3n) is 3.97. The molecule has 11 heteroatoms. The van der Waals surface area contributed by atoms with E-state index in [0.717, 1.165) is 22.6 Å². The summed E-state index contributed by atoms with van der Waals surface area (Å²) in [6, 6.07) is 8.74. The maximum Gasteiger partial charge on any atom is 0.413 e. The third-order valence-corrected chi connectivity index (χ3v) is 5.99. The van der Waals surface area contributed by atoms with Crippen LogP contribution in [0.25, 0.3) is 0 Å². The van der Waals surface area contributed by atoms with E-state index < -0.39 is 42.9 Å². The van der Waals surface area contributed by atoms with Gasteiger partial charge in [-0.2, -0.15) is 18.3 Å². The average molecular weight is 438 g/mol. The fraction of sp³-hybridized carbons (Fsp3) is 0.353. The van der Waals surface area contributed by atoms with Gasteiger partial charge < -0.3 is 0 Å². The number of rotatable bonds is 5. The molecule has 0 saturated carbocycles. The van der Waals surface area contributed by atoms with Crippen molar-refractivity contribution >= 4 is 24.7 Å². The second kappa shape index (κ2) is 8.91. The number of alkyl halides is 3. The van der Waals surface area contributed by atoms with E-state index in [2.05, 4.69) is 18.3 Å². The molecule has 0 aromatic heterocycles. The summed E-state index contributed by atoms with van der Waals surface area (Å²) < 4.78 is 83.1. The van der Waals surface area contributed by atoms with Crippen LogP contribution in [0.5, 0.6) is 0 Å². The molecule has 0 bridgehead atoms. The van der Waals surface area contributed by atoms with E-state index in [4.69, 9.17) is 0 Å². The molecule has 0 radical (unpaired) electrons. The first-order valence-electron chi connectivity index (χ1n) is 7.91. The minimum atomic E-state index is -4.59. The predicted octanol–water partition coefficient (Wildman–Crippen LogP) is 2.96. The first-order valence-corrected chi connectivity index (χ1v) is 11.4. The molecule has 1 aliphatic heterocycles. The van der Waals surface area contributed by atoms with Gasteiger partial charge in [-0.1, -0.05) is 43.5 Å². The Morgan fingerprint density at radius 2 is 1.68 bits per heavy atom.